The summed E-state index contributed by atoms with van der Waals surface area (Å²) >= 11 is 0. The summed E-state index contributed by atoms with van der Waals surface area (Å²) < 4.78 is 41.2. The SMILES string of the molecule is CCN1C(=O)N(OS(=O)(=O)O)CCC[C@H]1c1nnc(C2CCN(C(=N)N)CC2)o1. The second kappa shape index (κ2) is 8.51. The molecular formula is C15H25N7O6S. The molecule has 0 aromatic carbocycles. The van der Waals surface area contributed by atoms with Crippen LogP contribution in [0.5, 0.6) is 0 Å². The molecule has 4 N–H and O–H groups in total. The maximum absolute atomic E-state index is 12.7. The van der Waals surface area contributed by atoms with E-state index in [-0.39, 0.29) is 30.9 Å². The monoisotopic (exact) mass is 431 g/mol. The molecule has 1 atom stereocenters. The van der Waals surface area contributed by atoms with Crippen LogP contribution in [0.1, 0.15) is 56.3 Å². The quantitative estimate of drug-likeness (QED) is 0.337. The van der Waals surface area contributed by atoms with Gasteiger partial charge in [-0.05, 0) is 32.6 Å². The molecule has 0 spiro atoms. The maximum Gasteiger partial charge on any atom is 0.418 e. The highest BCUT2D eigenvalue weighted by Crippen LogP contribution is 2.32. The standard InChI is InChI=1S/C15H25N7O6S/c1-2-21-11(4-3-7-22(15(21)23)28-29(24,25)26)13-19-18-12(27-13)10-5-8-20(9-6-10)14(16)17/h10-11H,2-9H2,1H3,(H3,16,17)(H,24,25,26)/t11-/m0/s1. The lowest BCUT2D eigenvalue weighted by Crippen LogP contribution is -2.43. The van der Waals surface area contributed by atoms with Gasteiger partial charge in [0.15, 0.2) is 5.96 Å². The van der Waals surface area contributed by atoms with Crippen LogP contribution in [0.3, 0.4) is 0 Å². The Morgan fingerprint density at radius 3 is 2.52 bits per heavy atom. The van der Waals surface area contributed by atoms with Crippen molar-refractivity contribution >= 4 is 22.4 Å². The zero-order chi connectivity index (χ0) is 21.2. The minimum Gasteiger partial charge on any atom is -0.423 e. The van der Waals surface area contributed by atoms with E-state index in [0.717, 1.165) is 12.8 Å². The number of likely N-dealkylation sites (tertiary alicyclic amines) is 1. The van der Waals surface area contributed by atoms with Crippen LogP contribution >= 0.6 is 0 Å². The summed E-state index contributed by atoms with van der Waals surface area (Å²) in [5.74, 6) is 0.838. The Morgan fingerprint density at radius 1 is 1.28 bits per heavy atom. The zero-order valence-electron chi connectivity index (χ0n) is 16.0. The third-order valence-electron chi connectivity index (χ3n) is 5.13. The number of nitrogens with two attached hydrogens (primary N) is 1. The molecule has 0 radical (unpaired) electrons. The average Bonchev–Trinajstić information content (AvgIpc) is 3.09. The van der Waals surface area contributed by atoms with Crippen LogP contribution < -0.4 is 5.73 Å². The van der Waals surface area contributed by atoms with Crippen LogP contribution in [0, 0.1) is 5.41 Å². The zero-order valence-corrected chi connectivity index (χ0v) is 16.8. The van der Waals surface area contributed by atoms with Crippen molar-refractivity contribution in [3.63, 3.8) is 0 Å². The lowest BCUT2D eigenvalue weighted by molar-refractivity contribution is -0.0278. The molecule has 162 valence electrons. The molecule has 1 aromatic heterocycles. The predicted molar refractivity (Wildman–Crippen MR) is 98.9 cm³/mol. The topological polar surface area (TPSA) is 179 Å². The Morgan fingerprint density at radius 2 is 1.93 bits per heavy atom. The molecule has 13 nitrogen and oxygen atoms in total. The summed E-state index contributed by atoms with van der Waals surface area (Å²) in [6.45, 7) is 3.24. The van der Waals surface area contributed by atoms with Crippen LogP contribution in [-0.4, -0.2) is 76.2 Å². The van der Waals surface area contributed by atoms with Crippen molar-refractivity contribution < 1.29 is 26.5 Å². The first kappa shape index (κ1) is 21.3. The van der Waals surface area contributed by atoms with E-state index in [1.54, 1.807) is 11.8 Å². The molecule has 1 aromatic rings. The largest absolute Gasteiger partial charge is 0.423 e. The second-order valence-corrected chi connectivity index (χ2v) is 7.96. The van der Waals surface area contributed by atoms with Gasteiger partial charge in [0.2, 0.25) is 11.8 Å². The number of nitrogens with one attached hydrogen (secondary N) is 1. The summed E-state index contributed by atoms with van der Waals surface area (Å²) in [7, 11) is -4.81. The van der Waals surface area contributed by atoms with Gasteiger partial charge in [-0.1, -0.05) is 0 Å². The highest BCUT2D eigenvalue weighted by Gasteiger charge is 2.37. The molecular weight excluding hydrogens is 406 g/mol. The fourth-order valence-electron chi connectivity index (χ4n) is 3.67. The number of carbonyl (C=O) groups is 1. The fraction of sp³-hybridized carbons (Fsp3) is 0.733. The Labute approximate surface area is 168 Å². The Hall–Kier alpha value is -2.45. The van der Waals surface area contributed by atoms with Crippen LogP contribution in [0.2, 0.25) is 0 Å². The lowest BCUT2D eigenvalue weighted by Gasteiger charge is -2.30. The van der Waals surface area contributed by atoms with E-state index in [9.17, 15) is 13.2 Å². The molecule has 2 aliphatic rings. The lowest BCUT2D eigenvalue weighted by atomic mass is 9.97. The number of nitrogens with zero attached hydrogens (tertiary/aromatic N) is 5. The molecule has 3 rings (SSSR count). The molecule has 2 aliphatic heterocycles. The van der Waals surface area contributed by atoms with E-state index in [0.29, 0.717) is 36.9 Å². The van der Waals surface area contributed by atoms with Gasteiger partial charge in [0.25, 0.3) is 0 Å². The minimum atomic E-state index is -4.81. The number of rotatable bonds is 5. The first-order valence-electron chi connectivity index (χ1n) is 9.37. The summed E-state index contributed by atoms with van der Waals surface area (Å²) in [6.07, 6.45) is 2.32. The number of carbonyl (C=O) groups excluding carboxylic acids is 1. The smallest absolute Gasteiger partial charge is 0.418 e. The summed E-state index contributed by atoms with van der Waals surface area (Å²) in [5.41, 5.74) is 5.51. The fourth-order valence-corrected chi connectivity index (χ4v) is 4.03. The Kier molecular flexibility index (Phi) is 6.24. The molecule has 2 fully saturated rings. The van der Waals surface area contributed by atoms with Crippen LogP contribution in [0.4, 0.5) is 4.79 Å². The number of hydroxylamine groups is 2. The Balaban J connectivity index is 1.73. The number of aromatic nitrogens is 2. The highest BCUT2D eigenvalue weighted by atomic mass is 32.3. The van der Waals surface area contributed by atoms with Crippen LogP contribution in [0.25, 0.3) is 0 Å². The molecule has 2 saturated heterocycles. The van der Waals surface area contributed by atoms with Crippen molar-refractivity contribution in [3.05, 3.63) is 11.8 Å². The molecule has 0 unspecified atom stereocenters. The number of hydrogen-bond acceptors (Lipinski definition) is 8. The molecule has 29 heavy (non-hydrogen) atoms. The van der Waals surface area contributed by atoms with Gasteiger partial charge in [-0.25, -0.2) is 4.79 Å². The molecule has 14 heteroatoms. The maximum atomic E-state index is 12.7. The van der Waals surface area contributed by atoms with Crippen LogP contribution in [-0.2, 0) is 14.7 Å². The van der Waals surface area contributed by atoms with Crippen molar-refractivity contribution in [1.82, 2.24) is 25.1 Å². The molecule has 0 bridgehead atoms. The first-order valence-corrected chi connectivity index (χ1v) is 10.7. The van der Waals surface area contributed by atoms with E-state index < -0.39 is 22.5 Å². The highest BCUT2D eigenvalue weighted by molar-refractivity contribution is 7.80. The van der Waals surface area contributed by atoms with Crippen molar-refractivity contribution in [1.29, 1.82) is 5.41 Å². The average molecular weight is 431 g/mol. The van der Waals surface area contributed by atoms with Crippen molar-refractivity contribution in [2.45, 2.75) is 44.6 Å². The number of piperidine rings is 1. The van der Waals surface area contributed by atoms with Gasteiger partial charge in [-0.15, -0.1) is 14.5 Å². The molecule has 3 heterocycles. The van der Waals surface area contributed by atoms with Gasteiger partial charge in [0.05, 0.1) is 6.54 Å². The summed E-state index contributed by atoms with van der Waals surface area (Å²) in [5, 5.41) is 16.4. The first-order chi connectivity index (χ1) is 13.7. The van der Waals surface area contributed by atoms with Gasteiger partial charge >= 0.3 is 16.4 Å². The van der Waals surface area contributed by atoms with Crippen molar-refractivity contribution in [2.24, 2.45) is 5.73 Å². The third kappa shape index (κ3) is 4.94. The normalized spacial score (nSPS) is 22.1. The number of guanidine groups is 1. The second-order valence-electron chi connectivity index (χ2n) is 6.96. The summed E-state index contributed by atoms with van der Waals surface area (Å²) in [4.78, 5) is 15.8. The summed E-state index contributed by atoms with van der Waals surface area (Å²) in [6, 6.07) is -1.23. The number of amides is 2. The number of urea groups is 1. The Bertz CT molecular complexity index is 851. The van der Waals surface area contributed by atoms with E-state index in [2.05, 4.69) is 14.5 Å². The molecule has 2 amide bonds. The van der Waals surface area contributed by atoms with Gasteiger partial charge in [-0.2, -0.15) is 13.5 Å². The van der Waals surface area contributed by atoms with Gasteiger partial charge in [0, 0.05) is 25.6 Å². The van der Waals surface area contributed by atoms with E-state index in [1.165, 1.54) is 4.90 Å². The van der Waals surface area contributed by atoms with Crippen LogP contribution in [0.15, 0.2) is 4.42 Å². The van der Waals surface area contributed by atoms with Gasteiger partial charge < -0.3 is 20.0 Å². The van der Waals surface area contributed by atoms with Gasteiger partial charge in [0.1, 0.15) is 6.04 Å². The number of hydrogen-bond donors (Lipinski definition) is 3. The van der Waals surface area contributed by atoms with Crippen molar-refractivity contribution in [2.75, 3.05) is 26.2 Å². The predicted octanol–water partition coefficient (Wildman–Crippen LogP) is 0.456. The van der Waals surface area contributed by atoms with Gasteiger partial charge in [-0.3, -0.25) is 9.96 Å². The van der Waals surface area contributed by atoms with E-state index in [1.807, 2.05) is 0 Å². The minimum absolute atomic E-state index is 0.00385. The van der Waals surface area contributed by atoms with Crippen molar-refractivity contribution in [3.8, 4) is 0 Å². The third-order valence-corrected chi connectivity index (χ3v) is 5.49. The molecule has 0 aliphatic carbocycles. The molecule has 0 saturated carbocycles. The van der Waals surface area contributed by atoms with E-state index in [4.69, 9.17) is 20.1 Å². The van der Waals surface area contributed by atoms with E-state index >= 15 is 0 Å².